The number of halogens is 1. The number of allylic oxidation sites excluding steroid dienone is 2. The maximum atomic E-state index is 11.9. The van der Waals surface area contributed by atoms with Crippen LogP contribution in [0.3, 0.4) is 0 Å². The van der Waals surface area contributed by atoms with Crippen molar-refractivity contribution in [2.75, 3.05) is 6.54 Å². The molecule has 1 atom stereocenters. The van der Waals surface area contributed by atoms with E-state index >= 15 is 0 Å². The fourth-order valence-electron chi connectivity index (χ4n) is 2.88. The summed E-state index contributed by atoms with van der Waals surface area (Å²) in [5, 5.41) is 0. The highest BCUT2D eigenvalue weighted by Crippen LogP contribution is 2.14. The molecule has 0 aromatic heterocycles. The van der Waals surface area contributed by atoms with Crippen LogP contribution >= 0.6 is 12.4 Å². The summed E-state index contributed by atoms with van der Waals surface area (Å²) in [7, 11) is 0. The third-order valence-corrected chi connectivity index (χ3v) is 4.50. The Bertz CT molecular complexity index is 478. The highest BCUT2D eigenvalue weighted by atomic mass is 35.5. The van der Waals surface area contributed by atoms with Gasteiger partial charge in [0.05, 0.1) is 6.54 Å². The molecule has 1 rings (SSSR count). The van der Waals surface area contributed by atoms with Crippen molar-refractivity contribution in [3.8, 4) is 0 Å². The van der Waals surface area contributed by atoms with Crippen molar-refractivity contribution in [3.63, 3.8) is 0 Å². The molecule has 2 N–H and O–H groups in total. The van der Waals surface area contributed by atoms with Crippen molar-refractivity contribution in [2.24, 2.45) is 5.73 Å². The van der Waals surface area contributed by atoms with E-state index in [1.165, 1.54) is 44.9 Å². The van der Waals surface area contributed by atoms with Gasteiger partial charge in [0.1, 0.15) is 0 Å². The van der Waals surface area contributed by atoms with Gasteiger partial charge in [0.2, 0.25) is 5.91 Å². The Morgan fingerprint density at radius 1 is 1.12 bits per heavy atom. The van der Waals surface area contributed by atoms with Gasteiger partial charge in [-0.05, 0) is 19.4 Å². The smallest absolute Gasteiger partial charge is 0.307 e. The van der Waals surface area contributed by atoms with Crippen LogP contribution in [0.15, 0.2) is 23.9 Å². The minimum absolute atomic E-state index is 0. The second kappa shape index (κ2) is 14.7. The Balaban J connectivity index is 0.00000625. The highest BCUT2D eigenvalue weighted by Gasteiger charge is 2.19. The zero-order valence-electron chi connectivity index (χ0n) is 16.2. The van der Waals surface area contributed by atoms with Crippen molar-refractivity contribution in [1.82, 2.24) is 4.90 Å². The van der Waals surface area contributed by atoms with E-state index in [4.69, 9.17) is 10.5 Å². The normalized spacial score (nSPS) is 14.4. The van der Waals surface area contributed by atoms with Crippen LogP contribution in [-0.4, -0.2) is 29.5 Å². The van der Waals surface area contributed by atoms with Gasteiger partial charge in [-0.2, -0.15) is 0 Å². The van der Waals surface area contributed by atoms with Crippen LogP contribution in [0.4, 0.5) is 0 Å². The fourth-order valence-corrected chi connectivity index (χ4v) is 2.88. The largest absolute Gasteiger partial charge is 0.442 e. The van der Waals surface area contributed by atoms with Gasteiger partial charge in [-0.1, -0.05) is 64.4 Å². The van der Waals surface area contributed by atoms with Gasteiger partial charge in [-0.25, -0.2) is 0 Å². The van der Waals surface area contributed by atoms with Gasteiger partial charge in [0.25, 0.3) is 0 Å². The molecule has 1 amide bonds. The Kier molecular flexibility index (Phi) is 13.8. The third-order valence-electron chi connectivity index (χ3n) is 4.50. The summed E-state index contributed by atoms with van der Waals surface area (Å²) in [5.41, 5.74) is 5.81. The molecule has 1 unspecified atom stereocenters. The second-order valence-electron chi connectivity index (χ2n) is 6.74. The van der Waals surface area contributed by atoms with E-state index in [9.17, 15) is 9.59 Å². The Labute approximate surface area is 164 Å². The molecule has 0 bridgehead atoms. The molecule has 1 heterocycles. The molecule has 5 nitrogen and oxygen atoms in total. The molecule has 0 spiro atoms. The number of amides is 1. The lowest BCUT2D eigenvalue weighted by Crippen LogP contribution is -2.37. The van der Waals surface area contributed by atoms with Crippen molar-refractivity contribution in [1.29, 1.82) is 0 Å². The summed E-state index contributed by atoms with van der Waals surface area (Å²) < 4.78 is 5.45. The molecule has 0 fully saturated rings. The highest BCUT2D eigenvalue weighted by molar-refractivity contribution is 5.92. The van der Waals surface area contributed by atoms with E-state index < -0.39 is 12.1 Å². The lowest BCUT2D eigenvalue weighted by atomic mass is 10.1. The number of rotatable bonds is 13. The molecule has 1 aliphatic rings. The number of carbonyl (C=O) groups is 2. The quantitative estimate of drug-likeness (QED) is 0.374. The molecule has 0 aromatic rings. The van der Waals surface area contributed by atoms with E-state index in [0.29, 0.717) is 18.5 Å². The monoisotopic (exact) mass is 386 g/mol. The van der Waals surface area contributed by atoms with Crippen LogP contribution < -0.4 is 5.73 Å². The first-order valence-corrected chi connectivity index (χ1v) is 9.67. The van der Waals surface area contributed by atoms with Crippen LogP contribution in [-0.2, 0) is 14.3 Å². The zero-order valence-corrected chi connectivity index (χ0v) is 17.1. The molecular weight excluding hydrogens is 352 g/mol. The third kappa shape index (κ3) is 10.5. The van der Waals surface area contributed by atoms with Crippen molar-refractivity contribution in [3.05, 3.63) is 23.9 Å². The minimum Gasteiger partial charge on any atom is -0.442 e. The number of carbonyl (C=O) groups excluding carboxylic acids is 2. The molecule has 0 saturated carbocycles. The van der Waals surface area contributed by atoms with Crippen LogP contribution in [0, 0.1) is 0 Å². The second-order valence-corrected chi connectivity index (χ2v) is 6.74. The first kappa shape index (κ1) is 24.5. The molecule has 1 aliphatic heterocycles. The molecule has 150 valence electrons. The summed E-state index contributed by atoms with van der Waals surface area (Å²) in [5.74, 6) is -0.624. The van der Waals surface area contributed by atoms with E-state index in [1.54, 1.807) is 17.1 Å². The first-order valence-electron chi connectivity index (χ1n) is 9.67. The molecular formula is C20H35ClN2O3. The number of hydrogen-bond acceptors (Lipinski definition) is 4. The van der Waals surface area contributed by atoms with Crippen molar-refractivity contribution >= 4 is 24.3 Å². The average molecular weight is 387 g/mol. The summed E-state index contributed by atoms with van der Waals surface area (Å²) >= 11 is 0. The van der Waals surface area contributed by atoms with Crippen LogP contribution in [0.25, 0.3) is 0 Å². The van der Waals surface area contributed by atoms with Gasteiger partial charge in [-0.15, -0.1) is 12.4 Å². The molecule has 26 heavy (non-hydrogen) atoms. The van der Waals surface area contributed by atoms with E-state index in [2.05, 4.69) is 6.92 Å². The summed E-state index contributed by atoms with van der Waals surface area (Å²) in [6.45, 7) is 4.41. The van der Waals surface area contributed by atoms with Crippen molar-refractivity contribution < 1.29 is 14.3 Å². The number of nitrogens with zero attached hydrogens (tertiary/aromatic N) is 1. The number of hydrogen-bond donors (Lipinski definition) is 1. The van der Waals surface area contributed by atoms with Gasteiger partial charge < -0.3 is 15.4 Å². The SMILES string of the molecule is CCCCCCCCCCCC(=O)OC(C)N1C=CC=C(C(N)=O)C1.Cl. The first-order chi connectivity index (χ1) is 12.0. The molecule has 0 saturated heterocycles. The number of esters is 1. The maximum Gasteiger partial charge on any atom is 0.307 e. The lowest BCUT2D eigenvalue weighted by molar-refractivity contribution is -0.155. The number of ether oxygens (including phenoxy) is 1. The zero-order chi connectivity index (χ0) is 18.5. The standard InChI is InChI=1S/C20H34N2O3.ClH/c1-3-4-5-6-7-8-9-10-11-14-19(23)25-17(2)22-15-12-13-18(16-22)20(21)24;/h12-13,15,17H,3-11,14,16H2,1-2H3,(H2,21,24);1H. The summed E-state index contributed by atoms with van der Waals surface area (Å²) in [6.07, 6.45) is 16.3. The van der Waals surface area contributed by atoms with Gasteiger partial charge >= 0.3 is 5.97 Å². The van der Waals surface area contributed by atoms with Gasteiger partial charge in [-0.3, -0.25) is 9.59 Å². The minimum atomic E-state index is -0.442. The van der Waals surface area contributed by atoms with Crippen LogP contribution in [0.1, 0.15) is 78.1 Å². The average Bonchev–Trinajstić information content (AvgIpc) is 2.60. The van der Waals surface area contributed by atoms with E-state index in [-0.39, 0.29) is 18.4 Å². The topological polar surface area (TPSA) is 72.6 Å². The molecule has 0 radical (unpaired) electrons. The van der Waals surface area contributed by atoms with E-state index in [1.807, 2.05) is 13.1 Å². The van der Waals surface area contributed by atoms with Crippen molar-refractivity contribution in [2.45, 2.75) is 84.3 Å². The Hall–Kier alpha value is -1.49. The Morgan fingerprint density at radius 2 is 1.69 bits per heavy atom. The van der Waals surface area contributed by atoms with Crippen LogP contribution in [0.5, 0.6) is 0 Å². The Morgan fingerprint density at radius 3 is 2.27 bits per heavy atom. The van der Waals surface area contributed by atoms with Gasteiger partial charge in [0, 0.05) is 18.2 Å². The molecule has 0 aliphatic carbocycles. The van der Waals surface area contributed by atoms with E-state index in [0.717, 1.165) is 12.8 Å². The predicted molar refractivity (Wildman–Crippen MR) is 108 cm³/mol. The number of nitrogens with two attached hydrogens (primary N) is 1. The predicted octanol–water partition coefficient (Wildman–Crippen LogP) is 4.46. The lowest BCUT2D eigenvalue weighted by Gasteiger charge is -2.29. The fraction of sp³-hybridized carbons (Fsp3) is 0.700. The molecule has 0 aromatic carbocycles. The summed E-state index contributed by atoms with van der Waals surface area (Å²) in [6, 6.07) is 0. The summed E-state index contributed by atoms with van der Waals surface area (Å²) in [4.78, 5) is 25.0. The van der Waals surface area contributed by atoms with Gasteiger partial charge in [0.15, 0.2) is 6.23 Å². The molecule has 6 heteroatoms. The number of primary amides is 1. The maximum absolute atomic E-state index is 11.9. The van der Waals surface area contributed by atoms with Crippen LogP contribution in [0.2, 0.25) is 0 Å². The number of unbranched alkanes of at least 4 members (excludes halogenated alkanes) is 8.